The number of amides is 1. The molecule has 1 fully saturated rings. The molecule has 0 radical (unpaired) electrons. The fourth-order valence-corrected chi connectivity index (χ4v) is 3.11. The van der Waals surface area contributed by atoms with Crippen LogP contribution in [0.15, 0.2) is 9.36 Å². The predicted octanol–water partition coefficient (Wildman–Crippen LogP) is 1.21. The Bertz CT molecular complexity index is 507. The van der Waals surface area contributed by atoms with Gasteiger partial charge in [0.15, 0.2) is 0 Å². The molecule has 106 valence electrons. The summed E-state index contributed by atoms with van der Waals surface area (Å²) in [7, 11) is -2.40. The Hall–Kier alpha value is -1.62. The van der Waals surface area contributed by atoms with Gasteiger partial charge >= 0.3 is 6.09 Å². The van der Waals surface area contributed by atoms with E-state index in [2.05, 4.69) is 9.36 Å². The van der Waals surface area contributed by atoms with Gasteiger partial charge in [-0.2, -0.15) is 14.6 Å². The quantitative estimate of drug-likeness (QED) is 0.411. The Morgan fingerprint density at radius 3 is 2.47 bits per heavy atom. The minimum Gasteiger partial charge on any atom is -0.444 e. The average Bonchev–Trinajstić information content (AvgIpc) is 2.27. The lowest BCUT2D eigenvalue weighted by Gasteiger charge is -2.30. The lowest BCUT2D eigenvalue weighted by atomic mass is 10.2. The van der Waals surface area contributed by atoms with E-state index in [9.17, 15) is 9.00 Å². The van der Waals surface area contributed by atoms with E-state index in [1.165, 1.54) is 4.90 Å². The summed E-state index contributed by atoms with van der Waals surface area (Å²) in [6.45, 7) is 6.05. The Labute approximate surface area is 113 Å². The van der Waals surface area contributed by atoms with Gasteiger partial charge in [0.05, 0.1) is 21.2 Å². The van der Waals surface area contributed by atoms with Gasteiger partial charge in [-0.1, -0.05) is 0 Å². The van der Waals surface area contributed by atoms with Crippen molar-refractivity contribution in [1.29, 1.82) is 5.26 Å². The molecule has 0 N–H and O–H groups in total. The largest absolute Gasteiger partial charge is 0.444 e. The topological polar surface area (TPSA) is 95.1 Å². The molecule has 0 unspecified atom stereocenters. The molecule has 0 saturated carbocycles. The molecule has 1 amide bonds. The summed E-state index contributed by atoms with van der Waals surface area (Å²) in [4.78, 5) is 16.6. The zero-order valence-electron chi connectivity index (χ0n) is 11.3. The lowest BCUT2D eigenvalue weighted by molar-refractivity contribution is 0.0268. The molecule has 0 aromatic heterocycles. The van der Waals surface area contributed by atoms with Crippen LogP contribution in [0.25, 0.3) is 0 Å². The zero-order valence-corrected chi connectivity index (χ0v) is 12.1. The fraction of sp³-hybridized carbons (Fsp3) is 0.727. The van der Waals surface area contributed by atoms with Gasteiger partial charge in [0.25, 0.3) is 0 Å². The highest BCUT2D eigenvalue weighted by molar-refractivity contribution is 7.93. The molecule has 1 rings (SSSR count). The van der Waals surface area contributed by atoms with Crippen LogP contribution in [0.5, 0.6) is 0 Å². The molecule has 19 heavy (non-hydrogen) atoms. The maximum Gasteiger partial charge on any atom is 0.410 e. The van der Waals surface area contributed by atoms with Crippen molar-refractivity contribution in [2.24, 2.45) is 9.36 Å². The summed E-state index contributed by atoms with van der Waals surface area (Å²) in [6.07, 6.45) is 2.16. The molecule has 0 aliphatic carbocycles. The van der Waals surface area contributed by atoms with E-state index in [1.54, 1.807) is 27.0 Å². The Morgan fingerprint density at radius 1 is 1.42 bits per heavy atom. The van der Waals surface area contributed by atoms with Crippen molar-refractivity contribution >= 4 is 22.2 Å². The molecule has 1 aliphatic rings. The van der Waals surface area contributed by atoms with Crippen LogP contribution in [0.3, 0.4) is 0 Å². The van der Waals surface area contributed by atoms with Gasteiger partial charge in [0, 0.05) is 13.1 Å². The normalized spacial score (nSPS) is 18.9. The Morgan fingerprint density at radius 2 is 2.00 bits per heavy atom. The molecular weight excluding hydrogens is 268 g/mol. The minimum atomic E-state index is -2.40. The minimum absolute atomic E-state index is 0.268. The molecule has 0 atom stereocenters. The number of aliphatic imine (C=N–C) groups is 1. The van der Waals surface area contributed by atoms with Gasteiger partial charge in [-0.15, -0.1) is 0 Å². The van der Waals surface area contributed by atoms with Crippen molar-refractivity contribution < 1.29 is 13.7 Å². The van der Waals surface area contributed by atoms with Gasteiger partial charge in [-0.05, 0) is 20.8 Å². The smallest absolute Gasteiger partial charge is 0.410 e. The van der Waals surface area contributed by atoms with Gasteiger partial charge in [-0.3, -0.25) is 0 Å². The van der Waals surface area contributed by atoms with Gasteiger partial charge in [0.2, 0.25) is 6.19 Å². The molecule has 8 heteroatoms. The first kappa shape index (κ1) is 15.4. The first-order valence-electron chi connectivity index (χ1n) is 5.86. The maximum atomic E-state index is 12.2. The second kappa shape index (κ2) is 6.02. The number of hydrogen-bond acceptors (Lipinski definition) is 5. The number of rotatable bonds is 1. The monoisotopic (exact) mass is 286 g/mol. The van der Waals surface area contributed by atoms with Crippen molar-refractivity contribution in [1.82, 2.24) is 4.90 Å². The van der Waals surface area contributed by atoms with Crippen molar-refractivity contribution in [3.05, 3.63) is 0 Å². The molecular formula is C11H18N4O3S. The number of carbonyl (C=O) groups is 1. The van der Waals surface area contributed by atoms with Crippen LogP contribution in [0.2, 0.25) is 0 Å². The second-order valence-corrected chi connectivity index (χ2v) is 7.67. The van der Waals surface area contributed by atoms with Crippen LogP contribution in [0, 0.1) is 11.5 Å². The van der Waals surface area contributed by atoms with Crippen molar-refractivity contribution in [3.8, 4) is 6.19 Å². The number of nitriles is 1. The predicted molar refractivity (Wildman–Crippen MR) is 72.2 cm³/mol. The standard InChI is InChI=1S/C11H18N4O3S/c1-11(2,3)18-10(16)15-4-6-19(17,7-5-15)14-9-13-8-12/h9H,4-7H2,1-3H3. The summed E-state index contributed by atoms with van der Waals surface area (Å²) in [6, 6.07) is 0. The van der Waals surface area contributed by atoms with Crippen LogP contribution in [0.4, 0.5) is 4.79 Å². The number of ether oxygens (including phenoxy) is 1. The van der Waals surface area contributed by atoms with E-state index in [1.807, 2.05) is 0 Å². The SMILES string of the molecule is CC(C)(C)OC(=O)N1CCS(=O)(=NC=NC#N)CC1. The fourth-order valence-electron chi connectivity index (χ4n) is 1.47. The zero-order chi connectivity index (χ0) is 14.5. The van der Waals surface area contributed by atoms with Gasteiger partial charge < -0.3 is 9.64 Å². The summed E-state index contributed by atoms with van der Waals surface area (Å²) in [5.41, 5.74) is -0.542. The first-order chi connectivity index (χ1) is 8.76. The summed E-state index contributed by atoms with van der Waals surface area (Å²) in [5, 5.41) is 8.23. The van der Waals surface area contributed by atoms with E-state index in [4.69, 9.17) is 10.00 Å². The molecule has 1 saturated heterocycles. The van der Waals surface area contributed by atoms with Crippen LogP contribution in [0.1, 0.15) is 20.8 Å². The molecule has 7 nitrogen and oxygen atoms in total. The van der Waals surface area contributed by atoms with Crippen LogP contribution >= 0.6 is 0 Å². The summed E-state index contributed by atoms with van der Waals surface area (Å²) in [5.74, 6) is 0.535. The second-order valence-electron chi connectivity index (χ2n) is 5.10. The Kier molecular flexibility index (Phi) is 4.89. The van der Waals surface area contributed by atoms with Crippen molar-refractivity contribution in [2.45, 2.75) is 26.4 Å². The van der Waals surface area contributed by atoms with Crippen molar-refractivity contribution in [2.75, 3.05) is 24.6 Å². The number of hydrogen-bond donors (Lipinski definition) is 0. The molecule has 0 aromatic carbocycles. The molecule has 1 aliphatic heterocycles. The third kappa shape index (κ3) is 5.26. The van der Waals surface area contributed by atoms with Gasteiger partial charge in [0.1, 0.15) is 11.9 Å². The number of carbonyl (C=O) groups excluding carboxylic acids is 1. The Balaban J connectivity index is 2.61. The van der Waals surface area contributed by atoms with Crippen LogP contribution in [-0.4, -0.2) is 51.7 Å². The third-order valence-corrected chi connectivity index (χ3v) is 4.49. The average molecular weight is 286 g/mol. The third-order valence-electron chi connectivity index (χ3n) is 2.37. The first-order valence-corrected chi connectivity index (χ1v) is 7.71. The lowest BCUT2D eigenvalue weighted by Crippen LogP contribution is -2.45. The molecule has 0 spiro atoms. The summed E-state index contributed by atoms with van der Waals surface area (Å²) < 4.78 is 21.2. The number of nitrogens with zero attached hydrogens (tertiary/aromatic N) is 4. The van der Waals surface area contributed by atoms with E-state index in [-0.39, 0.29) is 11.5 Å². The van der Waals surface area contributed by atoms with Crippen molar-refractivity contribution in [3.63, 3.8) is 0 Å². The van der Waals surface area contributed by atoms with E-state index in [0.717, 1.165) is 6.34 Å². The van der Waals surface area contributed by atoms with Crippen LogP contribution < -0.4 is 0 Å². The highest BCUT2D eigenvalue weighted by Gasteiger charge is 2.27. The molecule has 0 bridgehead atoms. The maximum absolute atomic E-state index is 12.2. The highest BCUT2D eigenvalue weighted by atomic mass is 32.2. The molecule has 1 heterocycles. The van der Waals surface area contributed by atoms with E-state index >= 15 is 0 Å². The van der Waals surface area contributed by atoms with Gasteiger partial charge in [-0.25, -0.2) is 9.00 Å². The van der Waals surface area contributed by atoms with Crippen LogP contribution in [-0.2, 0) is 14.5 Å². The van der Waals surface area contributed by atoms with E-state index < -0.39 is 21.4 Å². The summed E-state index contributed by atoms with van der Waals surface area (Å²) >= 11 is 0. The highest BCUT2D eigenvalue weighted by Crippen LogP contribution is 2.13. The molecule has 0 aromatic rings. The van der Waals surface area contributed by atoms with E-state index in [0.29, 0.717) is 13.1 Å².